The number of benzene rings is 4. The molecule has 0 aliphatic carbocycles. The minimum absolute atomic E-state index is 0.0705. The third-order valence-electron chi connectivity index (χ3n) is 7.00. The lowest BCUT2D eigenvalue weighted by atomic mass is 9.97. The summed E-state index contributed by atoms with van der Waals surface area (Å²) in [6.07, 6.45) is 5.28. The third-order valence-corrected chi connectivity index (χ3v) is 7.00. The van der Waals surface area contributed by atoms with Gasteiger partial charge in [-0.05, 0) is 54.0 Å². The summed E-state index contributed by atoms with van der Waals surface area (Å²) in [5, 5.41) is 0. The van der Waals surface area contributed by atoms with E-state index in [9.17, 15) is 9.59 Å². The fourth-order valence-electron chi connectivity index (χ4n) is 4.80. The summed E-state index contributed by atoms with van der Waals surface area (Å²) in [6.45, 7) is 2.95. The largest absolute Gasteiger partial charge is 0.484 e. The molecule has 40 heavy (non-hydrogen) atoms. The van der Waals surface area contributed by atoms with Gasteiger partial charge in [0.15, 0.2) is 12.4 Å². The van der Waals surface area contributed by atoms with Crippen LogP contribution in [0.1, 0.15) is 21.5 Å². The molecular formula is C35H32N2O3. The Morgan fingerprint density at radius 1 is 0.825 bits per heavy atom. The van der Waals surface area contributed by atoms with Crippen LogP contribution in [0.5, 0.6) is 5.75 Å². The number of nitrogens with zero attached hydrogens (tertiary/aromatic N) is 2. The molecule has 0 saturated heterocycles. The normalized spacial score (nSPS) is 14.2. The number of ketones is 1. The van der Waals surface area contributed by atoms with Gasteiger partial charge in [-0.15, -0.1) is 0 Å². The molecule has 0 bridgehead atoms. The number of fused-ring (bicyclic) bond motifs is 1. The highest BCUT2D eigenvalue weighted by molar-refractivity contribution is 6.09. The Labute approximate surface area is 235 Å². The second-order valence-corrected chi connectivity index (χ2v) is 9.86. The number of aryl methyl sites for hydroxylation is 1. The summed E-state index contributed by atoms with van der Waals surface area (Å²) in [7, 11) is 2.00. The van der Waals surface area contributed by atoms with Crippen LogP contribution < -0.4 is 9.64 Å². The number of hydrogen-bond donors (Lipinski definition) is 0. The van der Waals surface area contributed by atoms with Gasteiger partial charge in [0.05, 0.1) is 6.54 Å². The number of rotatable bonds is 7. The van der Waals surface area contributed by atoms with Crippen molar-refractivity contribution in [2.24, 2.45) is 0 Å². The lowest BCUT2D eigenvalue weighted by molar-refractivity contribution is -0.120. The summed E-state index contributed by atoms with van der Waals surface area (Å²) in [5.74, 6) is 0.452. The average Bonchev–Trinajstić information content (AvgIpc) is 3.13. The lowest BCUT2D eigenvalue weighted by Gasteiger charge is -2.24. The van der Waals surface area contributed by atoms with Gasteiger partial charge in [0.25, 0.3) is 5.91 Å². The summed E-state index contributed by atoms with van der Waals surface area (Å²) in [4.78, 5) is 30.5. The topological polar surface area (TPSA) is 49.9 Å². The van der Waals surface area contributed by atoms with E-state index in [0.717, 1.165) is 33.6 Å². The smallest absolute Gasteiger partial charge is 0.265 e. The zero-order chi connectivity index (χ0) is 27.9. The van der Waals surface area contributed by atoms with Gasteiger partial charge in [-0.1, -0.05) is 96.6 Å². The summed E-state index contributed by atoms with van der Waals surface area (Å²) >= 11 is 0. The van der Waals surface area contributed by atoms with Crippen molar-refractivity contribution >= 4 is 17.4 Å². The number of para-hydroxylation sites is 1. The maximum Gasteiger partial charge on any atom is 0.265 e. The molecule has 5 nitrogen and oxygen atoms in total. The molecule has 1 amide bonds. The highest BCUT2D eigenvalue weighted by Crippen LogP contribution is 2.29. The van der Waals surface area contributed by atoms with Crippen LogP contribution in [0.4, 0.5) is 5.69 Å². The molecule has 0 radical (unpaired) electrons. The molecule has 1 aliphatic rings. The van der Waals surface area contributed by atoms with Crippen molar-refractivity contribution in [3.63, 3.8) is 0 Å². The zero-order valence-corrected chi connectivity index (χ0v) is 22.8. The van der Waals surface area contributed by atoms with Gasteiger partial charge in [0, 0.05) is 30.5 Å². The highest BCUT2D eigenvalue weighted by Gasteiger charge is 2.25. The van der Waals surface area contributed by atoms with E-state index in [-0.39, 0.29) is 18.3 Å². The van der Waals surface area contributed by atoms with Gasteiger partial charge in [-0.3, -0.25) is 9.59 Å². The highest BCUT2D eigenvalue weighted by atomic mass is 16.5. The molecular weight excluding hydrogens is 496 g/mol. The van der Waals surface area contributed by atoms with Crippen molar-refractivity contribution < 1.29 is 14.3 Å². The second-order valence-electron chi connectivity index (χ2n) is 9.86. The molecule has 0 atom stereocenters. The molecule has 0 fully saturated rings. The predicted molar refractivity (Wildman–Crippen MR) is 160 cm³/mol. The number of carbonyl (C=O) groups is 2. The fraction of sp³-hybridized carbons (Fsp3) is 0.143. The van der Waals surface area contributed by atoms with Gasteiger partial charge in [-0.25, -0.2) is 0 Å². The quantitative estimate of drug-likeness (QED) is 0.195. The number of likely N-dealkylation sites (N-methyl/N-ethyl adjacent to an activating group) is 1. The van der Waals surface area contributed by atoms with Crippen LogP contribution in [-0.4, -0.2) is 36.8 Å². The van der Waals surface area contributed by atoms with Crippen LogP contribution >= 0.6 is 0 Å². The van der Waals surface area contributed by atoms with Gasteiger partial charge in [0.2, 0.25) is 0 Å². The van der Waals surface area contributed by atoms with E-state index in [0.29, 0.717) is 24.4 Å². The molecule has 0 N–H and O–H groups in total. The van der Waals surface area contributed by atoms with Crippen LogP contribution in [0.2, 0.25) is 0 Å². The van der Waals surface area contributed by atoms with E-state index < -0.39 is 0 Å². The van der Waals surface area contributed by atoms with Gasteiger partial charge in [0.1, 0.15) is 5.75 Å². The van der Waals surface area contributed by atoms with Crippen LogP contribution in [0.15, 0.2) is 127 Å². The number of anilines is 1. The van der Waals surface area contributed by atoms with E-state index in [4.69, 9.17) is 4.74 Å². The van der Waals surface area contributed by atoms with Crippen molar-refractivity contribution in [3.8, 4) is 16.9 Å². The first kappa shape index (κ1) is 26.7. The van der Waals surface area contributed by atoms with Gasteiger partial charge < -0.3 is 14.5 Å². The number of ether oxygens (including phenoxy) is 1. The SMILES string of the molecule is Cc1ccc(OCC(=O)N2C/C(=C/C=C/C(=O)c3ccccc3-c3ccccc3)N(C)Cc3ccccc32)cc1. The Bertz CT molecular complexity index is 1560. The first-order valence-corrected chi connectivity index (χ1v) is 13.3. The number of amides is 1. The molecule has 1 heterocycles. The Morgan fingerprint density at radius 3 is 2.33 bits per heavy atom. The molecule has 5 heteroatoms. The molecule has 5 rings (SSSR count). The third kappa shape index (κ3) is 6.21. The number of hydrogen-bond acceptors (Lipinski definition) is 4. The van der Waals surface area contributed by atoms with Crippen molar-refractivity contribution in [3.05, 3.63) is 144 Å². The molecule has 4 aromatic carbocycles. The summed E-state index contributed by atoms with van der Waals surface area (Å²) in [6, 6.07) is 33.1. The standard InChI is InChI=1S/C35H32N2O3/c1-26-19-21-30(22-20-26)40-25-35(39)37-24-29(36(2)23-28-13-6-9-17-33(28)37)14-10-18-34(38)32-16-8-7-15-31(32)27-11-4-3-5-12-27/h3-22H,23-25H2,1-2H3/b18-10+,29-14-. The van der Waals surface area contributed by atoms with Crippen molar-refractivity contribution in [1.29, 1.82) is 0 Å². The second kappa shape index (κ2) is 12.3. The van der Waals surface area contributed by atoms with Gasteiger partial charge >= 0.3 is 0 Å². The minimum Gasteiger partial charge on any atom is -0.484 e. The van der Waals surface area contributed by atoms with Crippen molar-refractivity contribution in [2.75, 3.05) is 25.1 Å². The van der Waals surface area contributed by atoms with Crippen LogP contribution in [0, 0.1) is 6.92 Å². The zero-order valence-electron chi connectivity index (χ0n) is 22.8. The monoisotopic (exact) mass is 528 g/mol. The minimum atomic E-state index is -0.133. The maximum atomic E-state index is 13.4. The summed E-state index contributed by atoms with van der Waals surface area (Å²) in [5.41, 5.74) is 6.52. The number of carbonyl (C=O) groups excluding carboxylic acids is 2. The van der Waals surface area contributed by atoms with E-state index >= 15 is 0 Å². The fourth-order valence-corrected chi connectivity index (χ4v) is 4.80. The van der Waals surface area contributed by atoms with E-state index in [1.165, 1.54) is 0 Å². The Kier molecular flexibility index (Phi) is 8.21. The molecule has 0 aromatic heterocycles. The first-order valence-electron chi connectivity index (χ1n) is 13.3. The molecule has 0 saturated carbocycles. The predicted octanol–water partition coefficient (Wildman–Crippen LogP) is 6.84. The van der Waals surface area contributed by atoms with Crippen LogP contribution in [0.25, 0.3) is 11.1 Å². The van der Waals surface area contributed by atoms with Crippen molar-refractivity contribution in [1.82, 2.24) is 4.90 Å². The molecule has 1 aliphatic heterocycles. The molecule has 200 valence electrons. The molecule has 4 aromatic rings. The van der Waals surface area contributed by atoms with E-state index in [1.54, 1.807) is 17.1 Å². The Balaban J connectivity index is 1.36. The van der Waals surface area contributed by atoms with Gasteiger partial charge in [-0.2, -0.15) is 0 Å². The Hall–Kier alpha value is -4.90. The first-order chi connectivity index (χ1) is 19.5. The maximum absolute atomic E-state index is 13.4. The molecule has 0 unspecified atom stereocenters. The number of allylic oxidation sites excluding steroid dienone is 3. The van der Waals surface area contributed by atoms with E-state index in [2.05, 4.69) is 4.90 Å². The van der Waals surface area contributed by atoms with Crippen LogP contribution in [0.3, 0.4) is 0 Å². The summed E-state index contributed by atoms with van der Waals surface area (Å²) < 4.78 is 5.82. The molecule has 0 spiro atoms. The van der Waals surface area contributed by atoms with E-state index in [1.807, 2.05) is 123 Å². The van der Waals surface area contributed by atoms with Crippen LogP contribution in [-0.2, 0) is 11.3 Å². The lowest BCUT2D eigenvalue weighted by Crippen LogP contribution is -2.37. The van der Waals surface area contributed by atoms with Crippen molar-refractivity contribution in [2.45, 2.75) is 13.5 Å². The average molecular weight is 529 g/mol. The Morgan fingerprint density at radius 2 is 1.52 bits per heavy atom.